The van der Waals surface area contributed by atoms with Gasteiger partial charge in [0.2, 0.25) is 0 Å². The standard InChI is InChI=1S/C16H22N4/c1-4-17-9-15-10-18-11-16(19-15)20(3)12-14-7-5-6-13(2)8-14/h5-8,10-11,17H,4,9,12H2,1-3H3. The zero-order chi connectivity index (χ0) is 14.4. The highest BCUT2D eigenvalue weighted by Gasteiger charge is 2.05. The number of hydrogen-bond donors (Lipinski definition) is 1. The molecule has 1 aromatic heterocycles. The zero-order valence-corrected chi connectivity index (χ0v) is 12.4. The number of aromatic nitrogens is 2. The Morgan fingerprint density at radius 2 is 2.10 bits per heavy atom. The molecule has 0 amide bonds. The van der Waals surface area contributed by atoms with Gasteiger partial charge in [0.15, 0.2) is 0 Å². The number of rotatable bonds is 6. The second kappa shape index (κ2) is 7.01. The Labute approximate surface area is 120 Å². The summed E-state index contributed by atoms with van der Waals surface area (Å²) in [7, 11) is 2.05. The third-order valence-corrected chi connectivity index (χ3v) is 3.12. The van der Waals surface area contributed by atoms with Gasteiger partial charge in [-0.2, -0.15) is 0 Å². The summed E-state index contributed by atoms with van der Waals surface area (Å²) in [4.78, 5) is 11.0. The number of anilines is 1. The highest BCUT2D eigenvalue weighted by atomic mass is 15.2. The van der Waals surface area contributed by atoms with Gasteiger partial charge in [-0.1, -0.05) is 36.8 Å². The molecule has 1 aromatic carbocycles. The lowest BCUT2D eigenvalue weighted by Crippen LogP contribution is -2.20. The van der Waals surface area contributed by atoms with Crippen molar-refractivity contribution in [2.45, 2.75) is 26.9 Å². The Hall–Kier alpha value is -1.94. The Morgan fingerprint density at radius 3 is 2.85 bits per heavy atom. The molecule has 0 spiro atoms. The van der Waals surface area contributed by atoms with Gasteiger partial charge in [0.05, 0.1) is 11.9 Å². The second-order valence-corrected chi connectivity index (χ2v) is 4.99. The molecule has 0 saturated carbocycles. The van der Waals surface area contributed by atoms with Crippen LogP contribution in [-0.4, -0.2) is 23.6 Å². The predicted molar refractivity (Wildman–Crippen MR) is 82.7 cm³/mol. The van der Waals surface area contributed by atoms with E-state index in [2.05, 4.69) is 58.3 Å². The molecule has 106 valence electrons. The highest BCUT2D eigenvalue weighted by Crippen LogP contribution is 2.13. The van der Waals surface area contributed by atoms with E-state index in [0.29, 0.717) is 0 Å². The Balaban J connectivity index is 2.06. The predicted octanol–water partition coefficient (Wildman–Crippen LogP) is 2.53. The van der Waals surface area contributed by atoms with Gasteiger partial charge in [-0.15, -0.1) is 0 Å². The number of aryl methyl sites for hydroxylation is 1. The van der Waals surface area contributed by atoms with E-state index < -0.39 is 0 Å². The summed E-state index contributed by atoms with van der Waals surface area (Å²) in [6, 6.07) is 8.54. The van der Waals surface area contributed by atoms with Crippen molar-refractivity contribution in [1.82, 2.24) is 15.3 Å². The first kappa shape index (κ1) is 14.5. The van der Waals surface area contributed by atoms with Crippen molar-refractivity contribution >= 4 is 5.82 Å². The first-order valence-corrected chi connectivity index (χ1v) is 6.97. The molecule has 1 N–H and O–H groups in total. The number of hydrogen-bond acceptors (Lipinski definition) is 4. The van der Waals surface area contributed by atoms with E-state index in [4.69, 9.17) is 0 Å². The fourth-order valence-electron chi connectivity index (χ4n) is 2.08. The van der Waals surface area contributed by atoms with Crippen molar-refractivity contribution in [1.29, 1.82) is 0 Å². The van der Waals surface area contributed by atoms with E-state index in [0.717, 1.165) is 31.1 Å². The van der Waals surface area contributed by atoms with Gasteiger partial charge in [-0.25, -0.2) is 4.98 Å². The van der Waals surface area contributed by atoms with Gasteiger partial charge in [0.25, 0.3) is 0 Å². The average Bonchev–Trinajstić information content (AvgIpc) is 2.45. The maximum Gasteiger partial charge on any atom is 0.147 e. The van der Waals surface area contributed by atoms with E-state index in [1.807, 2.05) is 19.4 Å². The molecule has 0 fully saturated rings. The summed E-state index contributed by atoms with van der Waals surface area (Å²) < 4.78 is 0. The van der Waals surface area contributed by atoms with Crippen LogP contribution in [0, 0.1) is 6.92 Å². The second-order valence-electron chi connectivity index (χ2n) is 4.99. The van der Waals surface area contributed by atoms with E-state index in [9.17, 15) is 0 Å². The van der Waals surface area contributed by atoms with Crippen LogP contribution in [0.2, 0.25) is 0 Å². The van der Waals surface area contributed by atoms with Gasteiger partial charge >= 0.3 is 0 Å². The van der Waals surface area contributed by atoms with Gasteiger partial charge < -0.3 is 10.2 Å². The summed E-state index contributed by atoms with van der Waals surface area (Å²) in [6.45, 7) is 6.73. The van der Waals surface area contributed by atoms with Crippen LogP contribution in [0.4, 0.5) is 5.82 Å². The minimum Gasteiger partial charge on any atom is -0.354 e. The van der Waals surface area contributed by atoms with Gasteiger partial charge in [-0.05, 0) is 19.0 Å². The SMILES string of the molecule is CCNCc1cncc(N(C)Cc2cccc(C)c2)n1. The monoisotopic (exact) mass is 270 g/mol. The van der Waals surface area contributed by atoms with Crippen LogP contribution in [0.25, 0.3) is 0 Å². The maximum atomic E-state index is 4.63. The lowest BCUT2D eigenvalue weighted by molar-refractivity contribution is 0.704. The molecule has 0 radical (unpaired) electrons. The van der Waals surface area contributed by atoms with Crippen molar-refractivity contribution in [2.24, 2.45) is 0 Å². The molecule has 0 bridgehead atoms. The minimum atomic E-state index is 0.760. The fourth-order valence-corrected chi connectivity index (χ4v) is 2.08. The van der Waals surface area contributed by atoms with Gasteiger partial charge in [-0.3, -0.25) is 4.98 Å². The third-order valence-electron chi connectivity index (χ3n) is 3.12. The zero-order valence-electron chi connectivity index (χ0n) is 12.4. The molecular formula is C16H22N4. The van der Waals surface area contributed by atoms with Crippen LogP contribution in [0.3, 0.4) is 0 Å². The summed E-state index contributed by atoms with van der Waals surface area (Å²) in [5.41, 5.74) is 3.54. The summed E-state index contributed by atoms with van der Waals surface area (Å²) in [6.07, 6.45) is 3.62. The summed E-state index contributed by atoms with van der Waals surface area (Å²) in [5.74, 6) is 0.905. The topological polar surface area (TPSA) is 41.1 Å². The van der Waals surface area contributed by atoms with Crippen molar-refractivity contribution in [3.63, 3.8) is 0 Å². The van der Waals surface area contributed by atoms with Gasteiger partial charge in [0, 0.05) is 26.3 Å². The Bertz CT molecular complexity index is 554. The number of nitrogens with one attached hydrogen (secondary N) is 1. The molecule has 4 heteroatoms. The van der Waals surface area contributed by atoms with E-state index in [1.54, 1.807) is 0 Å². The average molecular weight is 270 g/mol. The smallest absolute Gasteiger partial charge is 0.147 e. The lowest BCUT2D eigenvalue weighted by Gasteiger charge is -2.18. The molecule has 4 nitrogen and oxygen atoms in total. The number of nitrogens with zero attached hydrogens (tertiary/aromatic N) is 3. The maximum absolute atomic E-state index is 4.63. The molecule has 0 atom stereocenters. The molecule has 0 aliphatic rings. The molecule has 0 aliphatic carbocycles. The minimum absolute atomic E-state index is 0.760. The largest absolute Gasteiger partial charge is 0.354 e. The van der Waals surface area contributed by atoms with Crippen LogP contribution in [0.5, 0.6) is 0 Å². The van der Waals surface area contributed by atoms with Crippen LogP contribution in [0.1, 0.15) is 23.7 Å². The lowest BCUT2D eigenvalue weighted by atomic mass is 10.1. The molecule has 20 heavy (non-hydrogen) atoms. The third kappa shape index (κ3) is 4.03. The molecule has 2 rings (SSSR count). The van der Waals surface area contributed by atoms with Crippen LogP contribution in [-0.2, 0) is 13.1 Å². The van der Waals surface area contributed by atoms with E-state index in [1.165, 1.54) is 11.1 Å². The summed E-state index contributed by atoms with van der Waals surface area (Å²) in [5, 5.41) is 3.27. The van der Waals surface area contributed by atoms with Crippen molar-refractivity contribution in [3.05, 3.63) is 53.5 Å². The van der Waals surface area contributed by atoms with Crippen LogP contribution < -0.4 is 10.2 Å². The normalized spacial score (nSPS) is 10.6. The Kier molecular flexibility index (Phi) is 5.07. The first-order valence-electron chi connectivity index (χ1n) is 6.97. The van der Waals surface area contributed by atoms with Gasteiger partial charge in [0.1, 0.15) is 5.82 Å². The molecular weight excluding hydrogens is 248 g/mol. The fraction of sp³-hybridized carbons (Fsp3) is 0.375. The van der Waals surface area contributed by atoms with Crippen molar-refractivity contribution < 1.29 is 0 Å². The van der Waals surface area contributed by atoms with Crippen molar-refractivity contribution in [2.75, 3.05) is 18.5 Å². The highest BCUT2D eigenvalue weighted by molar-refractivity contribution is 5.37. The number of benzene rings is 1. The molecule has 0 aliphatic heterocycles. The van der Waals surface area contributed by atoms with Crippen LogP contribution >= 0.6 is 0 Å². The molecule has 2 aromatic rings. The first-order chi connectivity index (χ1) is 9.69. The Morgan fingerprint density at radius 1 is 1.25 bits per heavy atom. The molecule has 0 unspecified atom stereocenters. The van der Waals surface area contributed by atoms with E-state index in [-0.39, 0.29) is 0 Å². The summed E-state index contributed by atoms with van der Waals surface area (Å²) >= 11 is 0. The molecule has 1 heterocycles. The molecule has 0 saturated heterocycles. The quantitative estimate of drug-likeness (QED) is 0.876. The van der Waals surface area contributed by atoms with E-state index >= 15 is 0 Å². The van der Waals surface area contributed by atoms with Crippen LogP contribution in [0.15, 0.2) is 36.7 Å². The van der Waals surface area contributed by atoms with Crippen molar-refractivity contribution in [3.8, 4) is 0 Å².